The lowest BCUT2D eigenvalue weighted by atomic mass is 10.2. The van der Waals surface area contributed by atoms with E-state index in [-0.39, 0.29) is 3.23 Å². The van der Waals surface area contributed by atoms with E-state index in [0.29, 0.717) is 0 Å². The van der Waals surface area contributed by atoms with Gasteiger partial charge < -0.3 is 0 Å². The van der Waals surface area contributed by atoms with Crippen LogP contribution in [0.25, 0.3) is 0 Å². The molecule has 0 saturated carbocycles. The van der Waals surface area contributed by atoms with Crippen LogP contribution in [-0.2, 0) is 3.23 Å². The van der Waals surface area contributed by atoms with Crippen molar-refractivity contribution in [1.82, 2.24) is 0 Å². The van der Waals surface area contributed by atoms with Crippen molar-refractivity contribution in [3.63, 3.8) is 0 Å². The quantitative estimate of drug-likeness (QED) is 0.712. The van der Waals surface area contributed by atoms with Gasteiger partial charge in [-0.05, 0) is 5.56 Å². The molecule has 0 aliphatic rings. The van der Waals surface area contributed by atoms with Crippen molar-refractivity contribution < 1.29 is 0 Å². The molecule has 0 amide bonds. The van der Waals surface area contributed by atoms with Crippen LogP contribution in [0.5, 0.6) is 0 Å². The Morgan fingerprint density at radius 2 is 1.64 bits per heavy atom. The van der Waals surface area contributed by atoms with Crippen LogP contribution in [-0.4, -0.2) is 5.33 Å². The summed E-state index contributed by atoms with van der Waals surface area (Å²) in [6.07, 6.45) is 0. The van der Waals surface area contributed by atoms with Crippen LogP contribution in [0.1, 0.15) is 5.56 Å². The second-order valence-corrected chi connectivity index (χ2v) is 6.54. The fraction of sp³-hybridized carbons (Fsp3) is 0.250. The Morgan fingerprint density at radius 1 is 1.09 bits per heavy atom. The summed E-state index contributed by atoms with van der Waals surface area (Å²) in [5, 5.41) is 0.837. The summed E-state index contributed by atoms with van der Waals surface area (Å²) < 4.78 is -0.124. The van der Waals surface area contributed by atoms with E-state index in [9.17, 15) is 0 Å². The van der Waals surface area contributed by atoms with Gasteiger partial charge >= 0.3 is 0 Å². The van der Waals surface area contributed by atoms with Gasteiger partial charge in [0.05, 0.1) is 0 Å². The molecule has 0 aliphatic carbocycles. The first-order valence-electron chi connectivity index (χ1n) is 3.16. The minimum absolute atomic E-state index is 0.124. The summed E-state index contributed by atoms with van der Waals surface area (Å²) in [6.45, 7) is 0. The zero-order chi connectivity index (χ0) is 8.32. The topological polar surface area (TPSA) is 0 Å². The lowest BCUT2D eigenvalue weighted by molar-refractivity contribution is 1.09. The van der Waals surface area contributed by atoms with Crippen molar-refractivity contribution in [1.29, 1.82) is 0 Å². The van der Waals surface area contributed by atoms with Crippen LogP contribution in [0.2, 0.25) is 0 Å². The first-order chi connectivity index (χ1) is 5.17. The van der Waals surface area contributed by atoms with Crippen molar-refractivity contribution in [2.75, 3.05) is 5.33 Å². The third kappa shape index (κ3) is 2.56. The van der Waals surface area contributed by atoms with Crippen LogP contribution >= 0.6 is 47.8 Å². The first-order valence-corrected chi connectivity index (χ1v) is 5.87. The molecule has 0 heterocycles. The molecule has 11 heavy (non-hydrogen) atoms. The lowest BCUT2D eigenvalue weighted by Gasteiger charge is -2.16. The van der Waals surface area contributed by atoms with Crippen LogP contribution in [0, 0.1) is 0 Å². The van der Waals surface area contributed by atoms with E-state index in [1.165, 1.54) is 5.56 Å². The molecule has 0 N–H and O–H groups in total. The fourth-order valence-electron chi connectivity index (χ4n) is 0.759. The van der Waals surface area contributed by atoms with Gasteiger partial charge in [-0.3, -0.25) is 0 Å². The van der Waals surface area contributed by atoms with Gasteiger partial charge in [0.1, 0.15) is 3.23 Å². The Bertz CT molecular complexity index is 218. The minimum atomic E-state index is -0.124. The SMILES string of the molecule is BrCC(Br)(Br)c1ccccc1. The highest BCUT2D eigenvalue weighted by molar-refractivity contribution is 9.25. The second kappa shape index (κ2) is 4.06. The van der Waals surface area contributed by atoms with E-state index >= 15 is 0 Å². The highest BCUT2D eigenvalue weighted by Gasteiger charge is 2.22. The van der Waals surface area contributed by atoms with Crippen LogP contribution in [0.15, 0.2) is 30.3 Å². The molecule has 0 radical (unpaired) electrons. The largest absolute Gasteiger partial charge is 0.115 e. The molecule has 0 fully saturated rings. The molecule has 0 spiro atoms. The molecule has 1 aromatic rings. The van der Waals surface area contributed by atoms with Crippen LogP contribution < -0.4 is 0 Å². The van der Waals surface area contributed by atoms with E-state index in [0.717, 1.165) is 5.33 Å². The van der Waals surface area contributed by atoms with Gasteiger partial charge in [-0.2, -0.15) is 0 Å². The molecule has 1 rings (SSSR count). The van der Waals surface area contributed by atoms with Crippen molar-refractivity contribution in [2.24, 2.45) is 0 Å². The standard InChI is InChI=1S/C8H7Br3/c9-6-8(10,11)7-4-2-1-3-5-7/h1-5H,6H2. The van der Waals surface area contributed by atoms with E-state index in [4.69, 9.17) is 0 Å². The Kier molecular flexibility index (Phi) is 3.59. The monoisotopic (exact) mass is 340 g/mol. The first kappa shape index (κ1) is 9.75. The van der Waals surface area contributed by atoms with Gasteiger partial charge in [-0.1, -0.05) is 78.1 Å². The predicted molar refractivity (Wildman–Crippen MR) is 59.8 cm³/mol. The van der Waals surface area contributed by atoms with Crippen molar-refractivity contribution >= 4 is 47.8 Å². The second-order valence-electron chi connectivity index (χ2n) is 2.20. The molecular formula is C8H7Br3. The van der Waals surface area contributed by atoms with Gasteiger partial charge in [0.15, 0.2) is 0 Å². The predicted octanol–water partition coefficient (Wildman–Crippen LogP) is 4.02. The highest BCUT2D eigenvalue weighted by Crippen LogP contribution is 2.39. The van der Waals surface area contributed by atoms with Crippen LogP contribution in [0.4, 0.5) is 0 Å². The molecule has 0 nitrogen and oxygen atoms in total. The Balaban J connectivity index is 2.93. The van der Waals surface area contributed by atoms with Gasteiger partial charge in [0.2, 0.25) is 0 Å². The molecule has 0 aromatic heterocycles. The summed E-state index contributed by atoms with van der Waals surface area (Å²) in [4.78, 5) is 0. The van der Waals surface area contributed by atoms with E-state index in [1.54, 1.807) is 0 Å². The summed E-state index contributed by atoms with van der Waals surface area (Å²) in [7, 11) is 0. The summed E-state index contributed by atoms with van der Waals surface area (Å²) in [5.41, 5.74) is 1.22. The maximum Gasteiger partial charge on any atom is 0.115 e. The average molecular weight is 343 g/mol. The molecule has 60 valence electrons. The van der Waals surface area contributed by atoms with Gasteiger partial charge in [0, 0.05) is 5.33 Å². The molecule has 3 heteroatoms. The molecule has 0 atom stereocenters. The Hall–Kier alpha value is 0.660. The number of benzene rings is 1. The zero-order valence-electron chi connectivity index (χ0n) is 5.73. The lowest BCUT2D eigenvalue weighted by Crippen LogP contribution is -2.09. The highest BCUT2D eigenvalue weighted by atomic mass is 79.9. The van der Waals surface area contributed by atoms with Crippen molar-refractivity contribution in [2.45, 2.75) is 3.23 Å². The molecule has 1 aromatic carbocycles. The number of hydrogen-bond donors (Lipinski definition) is 0. The van der Waals surface area contributed by atoms with E-state index in [2.05, 4.69) is 59.9 Å². The molecular weight excluding hydrogens is 336 g/mol. The Morgan fingerprint density at radius 3 is 2.09 bits per heavy atom. The average Bonchev–Trinajstić information content (AvgIpc) is 2.06. The number of hydrogen-bond acceptors (Lipinski definition) is 0. The van der Waals surface area contributed by atoms with Gasteiger partial charge in [-0.15, -0.1) is 0 Å². The number of halogens is 3. The van der Waals surface area contributed by atoms with Crippen molar-refractivity contribution in [3.05, 3.63) is 35.9 Å². The minimum Gasteiger partial charge on any atom is -0.0900 e. The van der Waals surface area contributed by atoms with Crippen LogP contribution in [0.3, 0.4) is 0 Å². The molecule has 0 unspecified atom stereocenters. The molecule has 0 bridgehead atoms. The third-order valence-electron chi connectivity index (χ3n) is 1.36. The van der Waals surface area contributed by atoms with E-state index < -0.39 is 0 Å². The normalized spacial score (nSPS) is 11.5. The maximum atomic E-state index is 3.56. The third-order valence-corrected chi connectivity index (χ3v) is 5.19. The zero-order valence-corrected chi connectivity index (χ0v) is 10.5. The summed E-state index contributed by atoms with van der Waals surface area (Å²) in [6, 6.07) is 10.2. The summed E-state index contributed by atoms with van der Waals surface area (Å²) >= 11 is 10.5. The number of rotatable bonds is 2. The van der Waals surface area contributed by atoms with Gasteiger partial charge in [-0.25, -0.2) is 0 Å². The summed E-state index contributed by atoms with van der Waals surface area (Å²) in [5.74, 6) is 0. The van der Waals surface area contributed by atoms with Gasteiger partial charge in [0.25, 0.3) is 0 Å². The fourth-order valence-corrected chi connectivity index (χ4v) is 1.61. The molecule has 0 saturated heterocycles. The Labute approximate surface area is 91.8 Å². The van der Waals surface area contributed by atoms with E-state index in [1.807, 2.05) is 18.2 Å². The molecule has 0 aliphatic heterocycles. The number of alkyl halides is 3. The smallest absolute Gasteiger partial charge is 0.0900 e. The maximum absolute atomic E-state index is 3.56. The van der Waals surface area contributed by atoms with Crippen molar-refractivity contribution in [3.8, 4) is 0 Å².